The first-order valence-corrected chi connectivity index (χ1v) is 13.8. The third-order valence-corrected chi connectivity index (χ3v) is 5.54. The van der Waals surface area contributed by atoms with Crippen molar-refractivity contribution >= 4 is 20.2 Å². The summed E-state index contributed by atoms with van der Waals surface area (Å²) in [4.78, 5) is 0. The topological polar surface area (TPSA) is 105 Å². The Morgan fingerprint density at radius 1 is 0.750 bits per heavy atom. The lowest BCUT2D eigenvalue weighted by Gasteiger charge is -2.26. The van der Waals surface area contributed by atoms with Crippen LogP contribution in [0.1, 0.15) is 24.0 Å². The lowest BCUT2D eigenvalue weighted by atomic mass is 10.1. The second-order valence-electron chi connectivity index (χ2n) is 7.34. The Kier molecular flexibility index (Phi) is 10.8. The highest BCUT2D eigenvalue weighted by Gasteiger charge is 2.27. The van der Waals surface area contributed by atoms with Gasteiger partial charge >= 0.3 is 0 Å². The molecule has 0 saturated carbocycles. The summed E-state index contributed by atoms with van der Waals surface area (Å²) in [7, 11) is -7.35. The highest BCUT2D eigenvalue weighted by molar-refractivity contribution is 7.86. The molecule has 178 valence electrons. The van der Waals surface area contributed by atoms with Crippen LogP contribution in [-0.2, 0) is 51.3 Å². The molecule has 0 radical (unpaired) electrons. The fourth-order valence-electron chi connectivity index (χ4n) is 2.94. The molecule has 2 atom stereocenters. The minimum absolute atomic E-state index is 0.0195. The van der Waals surface area contributed by atoms with E-state index in [2.05, 4.69) is 0 Å². The van der Waals surface area contributed by atoms with Crippen molar-refractivity contribution in [2.45, 2.75) is 38.3 Å². The van der Waals surface area contributed by atoms with Crippen LogP contribution in [0.25, 0.3) is 0 Å². The Morgan fingerprint density at radius 2 is 1.31 bits per heavy atom. The Morgan fingerprint density at radius 3 is 1.84 bits per heavy atom. The van der Waals surface area contributed by atoms with Crippen LogP contribution in [0.5, 0.6) is 0 Å². The molecule has 0 fully saturated rings. The van der Waals surface area contributed by atoms with Crippen LogP contribution in [0.3, 0.4) is 0 Å². The lowest BCUT2D eigenvalue weighted by Crippen LogP contribution is -2.37. The molecule has 2 aromatic rings. The van der Waals surface area contributed by atoms with Crippen molar-refractivity contribution in [1.29, 1.82) is 0 Å². The summed E-state index contributed by atoms with van der Waals surface area (Å²) < 4.78 is 68.0. The first-order valence-electron chi connectivity index (χ1n) is 10.1. The van der Waals surface area contributed by atoms with Crippen LogP contribution in [0.15, 0.2) is 60.7 Å². The Balaban J connectivity index is 2.06. The summed E-state index contributed by atoms with van der Waals surface area (Å²) in [5.41, 5.74) is 1.85. The van der Waals surface area contributed by atoms with E-state index < -0.39 is 32.4 Å². The number of ether oxygens (including phenoxy) is 2. The molecule has 8 nitrogen and oxygen atoms in total. The summed E-state index contributed by atoms with van der Waals surface area (Å²) in [6.45, 7) is 0.461. The normalized spacial score (nSPS) is 14.2. The average molecular weight is 487 g/mol. The molecule has 0 aliphatic carbocycles. The zero-order valence-corrected chi connectivity index (χ0v) is 19.9. The van der Waals surface area contributed by atoms with Gasteiger partial charge in [0.2, 0.25) is 0 Å². The molecular formula is C22H30O8S2. The highest BCUT2D eigenvalue weighted by Crippen LogP contribution is 2.17. The number of rotatable bonds is 15. The average Bonchev–Trinajstić information content (AvgIpc) is 2.72. The van der Waals surface area contributed by atoms with Gasteiger partial charge in [-0.2, -0.15) is 16.8 Å². The fourth-order valence-corrected chi connectivity index (χ4v) is 3.99. The molecule has 0 amide bonds. The van der Waals surface area contributed by atoms with Crippen LogP contribution in [-0.4, -0.2) is 54.8 Å². The van der Waals surface area contributed by atoms with E-state index in [1.54, 1.807) is 0 Å². The summed E-state index contributed by atoms with van der Waals surface area (Å²) in [5, 5.41) is 0. The Labute approximate surface area is 190 Å². The van der Waals surface area contributed by atoms with Gasteiger partial charge in [0.15, 0.2) is 0 Å². The largest absolute Gasteiger partial charge is 0.374 e. The predicted molar refractivity (Wildman–Crippen MR) is 121 cm³/mol. The molecule has 0 heterocycles. The van der Waals surface area contributed by atoms with Gasteiger partial charge in [0.1, 0.15) is 6.10 Å². The molecule has 2 aromatic carbocycles. The number of hydrogen-bond acceptors (Lipinski definition) is 8. The molecule has 0 saturated heterocycles. The van der Waals surface area contributed by atoms with E-state index in [0.717, 1.165) is 23.6 Å². The molecule has 2 rings (SSSR count). The maximum absolute atomic E-state index is 11.9. The molecular weight excluding hydrogens is 456 g/mol. The second kappa shape index (κ2) is 13.0. The quantitative estimate of drug-likeness (QED) is 0.280. The van der Waals surface area contributed by atoms with Crippen molar-refractivity contribution in [3.8, 4) is 0 Å². The summed E-state index contributed by atoms with van der Waals surface area (Å²) in [5.74, 6) is 0. The molecule has 0 bridgehead atoms. The van der Waals surface area contributed by atoms with Gasteiger partial charge in [0.05, 0.1) is 45.0 Å². The number of benzene rings is 2. The standard InChI is InChI=1S/C22H30O8S2/c1-31(23,24)29-15-9-14-21(28-17-20-12-7-4-8-13-20)22(30-32(2,25)26)18-27-16-19-10-5-3-6-11-19/h3-8,10-13,21-22H,9,14-18H2,1-2H3/t21-,22-/m1/s1. The van der Waals surface area contributed by atoms with E-state index in [-0.39, 0.29) is 26.4 Å². The maximum atomic E-state index is 11.9. The second-order valence-corrected chi connectivity index (χ2v) is 10.6. The summed E-state index contributed by atoms with van der Waals surface area (Å²) in [6, 6.07) is 18.9. The summed E-state index contributed by atoms with van der Waals surface area (Å²) in [6.07, 6.45) is 1.02. The summed E-state index contributed by atoms with van der Waals surface area (Å²) >= 11 is 0. The third kappa shape index (κ3) is 11.7. The minimum Gasteiger partial charge on any atom is -0.374 e. The van der Waals surface area contributed by atoms with Gasteiger partial charge in [0.25, 0.3) is 20.2 Å². The van der Waals surface area contributed by atoms with Gasteiger partial charge in [-0.1, -0.05) is 60.7 Å². The van der Waals surface area contributed by atoms with Gasteiger partial charge in [-0.15, -0.1) is 0 Å². The van der Waals surface area contributed by atoms with E-state index in [4.69, 9.17) is 17.8 Å². The van der Waals surface area contributed by atoms with Crippen LogP contribution >= 0.6 is 0 Å². The van der Waals surface area contributed by atoms with Crippen molar-refractivity contribution in [3.63, 3.8) is 0 Å². The van der Waals surface area contributed by atoms with Crippen LogP contribution in [0.4, 0.5) is 0 Å². The van der Waals surface area contributed by atoms with Crippen LogP contribution < -0.4 is 0 Å². The van der Waals surface area contributed by atoms with Gasteiger partial charge in [0, 0.05) is 0 Å². The van der Waals surface area contributed by atoms with Gasteiger partial charge in [-0.05, 0) is 24.0 Å². The van der Waals surface area contributed by atoms with Gasteiger partial charge in [-0.3, -0.25) is 8.37 Å². The van der Waals surface area contributed by atoms with E-state index in [0.29, 0.717) is 12.8 Å². The van der Waals surface area contributed by atoms with Crippen molar-refractivity contribution in [2.75, 3.05) is 25.7 Å². The van der Waals surface area contributed by atoms with Gasteiger partial charge < -0.3 is 9.47 Å². The minimum atomic E-state index is -3.79. The first kappa shape index (κ1) is 26.4. The number of hydrogen-bond donors (Lipinski definition) is 0. The SMILES string of the molecule is CS(=O)(=O)OCCC[C@@H](OCc1ccccc1)[C@@H](COCc1ccccc1)OS(C)(=O)=O. The zero-order chi connectivity index (χ0) is 23.5. The van der Waals surface area contributed by atoms with E-state index >= 15 is 0 Å². The van der Waals surface area contributed by atoms with E-state index in [9.17, 15) is 16.8 Å². The molecule has 32 heavy (non-hydrogen) atoms. The van der Waals surface area contributed by atoms with E-state index in [1.807, 2.05) is 60.7 Å². The predicted octanol–water partition coefficient (Wildman–Crippen LogP) is 2.89. The Hall–Kier alpha value is -1.82. The molecule has 0 unspecified atom stereocenters. The highest BCUT2D eigenvalue weighted by atomic mass is 32.2. The molecule has 0 aliphatic rings. The Bertz CT molecular complexity index is 993. The molecule has 0 spiro atoms. The molecule has 0 N–H and O–H groups in total. The fraction of sp³-hybridized carbons (Fsp3) is 0.455. The first-order chi connectivity index (χ1) is 15.1. The van der Waals surface area contributed by atoms with E-state index in [1.165, 1.54) is 0 Å². The van der Waals surface area contributed by atoms with Crippen molar-refractivity contribution in [1.82, 2.24) is 0 Å². The van der Waals surface area contributed by atoms with Crippen molar-refractivity contribution in [2.24, 2.45) is 0 Å². The maximum Gasteiger partial charge on any atom is 0.264 e. The van der Waals surface area contributed by atoms with Crippen molar-refractivity contribution in [3.05, 3.63) is 71.8 Å². The van der Waals surface area contributed by atoms with Crippen molar-refractivity contribution < 1.29 is 34.7 Å². The monoisotopic (exact) mass is 486 g/mol. The smallest absolute Gasteiger partial charge is 0.264 e. The van der Waals surface area contributed by atoms with Crippen LogP contribution in [0.2, 0.25) is 0 Å². The third-order valence-electron chi connectivity index (χ3n) is 4.34. The molecule has 0 aromatic heterocycles. The zero-order valence-electron chi connectivity index (χ0n) is 18.3. The lowest BCUT2D eigenvalue weighted by molar-refractivity contribution is -0.0717. The van der Waals surface area contributed by atoms with Crippen LogP contribution in [0, 0.1) is 0 Å². The molecule has 0 aliphatic heterocycles. The van der Waals surface area contributed by atoms with Gasteiger partial charge in [-0.25, -0.2) is 0 Å². The molecule has 10 heteroatoms.